The number of nitrogens with zero attached hydrogens (tertiary/aromatic N) is 2. The molecule has 8 aromatic rings. The van der Waals surface area contributed by atoms with E-state index in [2.05, 4.69) is 205 Å². The van der Waals surface area contributed by atoms with Crippen LogP contribution in [-0.2, 0) is 6.42 Å². The van der Waals surface area contributed by atoms with Gasteiger partial charge in [-0.2, -0.15) is 0 Å². The molecule has 0 unspecified atom stereocenters. The first-order valence-electron chi connectivity index (χ1n) is 16.7. The van der Waals surface area contributed by atoms with Crippen LogP contribution >= 0.6 is 0 Å². The van der Waals surface area contributed by atoms with Crippen molar-refractivity contribution >= 4 is 55.7 Å². The highest BCUT2D eigenvalue weighted by Crippen LogP contribution is 2.41. The van der Waals surface area contributed by atoms with E-state index < -0.39 is 0 Å². The summed E-state index contributed by atoms with van der Waals surface area (Å²) in [5, 5.41) is 4.96. The average Bonchev–Trinajstić information content (AvgIpc) is 3.16. The minimum atomic E-state index is 1.03. The van der Waals surface area contributed by atoms with Crippen LogP contribution in [0.2, 0.25) is 0 Å². The summed E-state index contributed by atoms with van der Waals surface area (Å²) in [6.07, 6.45) is 1.03. The second-order valence-corrected chi connectivity index (χ2v) is 12.1. The third-order valence-corrected chi connectivity index (χ3v) is 9.19. The van der Waals surface area contributed by atoms with Crippen molar-refractivity contribution < 1.29 is 0 Å². The lowest BCUT2D eigenvalue weighted by Crippen LogP contribution is -2.10. The zero-order valence-electron chi connectivity index (χ0n) is 27.0. The Bertz CT molecular complexity index is 2300. The Morgan fingerprint density at radius 3 is 1.33 bits per heavy atom. The number of aryl methyl sites for hydroxylation is 1. The molecule has 0 saturated carbocycles. The largest absolute Gasteiger partial charge is 0.310 e. The third kappa shape index (κ3) is 5.59. The van der Waals surface area contributed by atoms with E-state index in [1.165, 1.54) is 43.9 Å². The number of fused-ring (bicyclic) bond motifs is 2. The minimum Gasteiger partial charge on any atom is -0.310 e. The summed E-state index contributed by atoms with van der Waals surface area (Å²) in [4.78, 5) is 4.71. The van der Waals surface area contributed by atoms with Gasteiger partial charge in [0.05, 0.1) is 11.4 Å². The van der Waals surface area contributed by atoms with Crippen LogP contribution in [0.1, 0.15) is 12.5 Å². The number of rotatable bonds is 8. The fraction of sp³-hybridized carbons (Fsp3) is 0.0435. The van der Waals surface area contributed by atoms with Crippen molar-refractivity contribution in [2.75, 3.05) is 9.80 Å². The van der Waals surface area contributed by atoms with Gasteiger partial charge in [0.1, 0.15) is 0 Å². The lowest BCUT2D eigenvalue weighted by atomic mass is 10.0. The number of anilines is 6. The zero-order chi connectivity index (χ0) is 32.3. The Balaban J connectivity index is 1.16. The van der Waals surface area contributed by atoms with Crippen molar-refractivity contribution in [3.63, 3.8) is 0 Å². The van der Waals surface area contributed by atoms with E-state index in [0.717, 1.165) is 34.9 Å². The van der Waals surface area contributed by atoms with E-state index in [1.807, 2.05) is 0 Å². The second kappa shape index (κ2) is 12.9. The van der Waals surface area contributed by atoms with Crippen molar-refractivity contribution in [3.8, 4) is 11.1 Å². The molecular formula is C46H36N2. The number of para-hydroxylation sites is 2. The predicted octanol–water partition coefficient (Wildman–Crippen LogP) is 13.2. The standard InChI is InChI=1S/C46H36N2/c1-2-34-23-32-44-38(33-34)15-12-22-46(44)48(40-18-7-4-8-19-40)42-30-26-36(27-31-42)35-24-28-41(29-25-35)47(39-16-5-3-6-17-39)45-21-11-14-37-13-9-10-20-43(37)45/h3-33H,2H2,1H3. The van der Waals surface area contributed by atoms with Crippen LogP contribution in [0.5, 0.6) is 0 Å². The molecule has 0 atom stereocenters. The molecule has 0 aliphatic rings. The minimum absolute atomic E-state index is 1.03. The van der Waals surface area contributed by atoms with Gasteiger partial charge in [-0.1, -0.05) is 134 Å². The summed E-state index contributed by atoms with van der Waals surface area (Å²) in [6.45, 7) is 2.21. The average molecular weight is 617 g/mol. The maximum absolute atomic E-state index is 2.36. The lowest BCUT2D eigenvalue weighted by Gasteiger charge is -2.27. The molecule has 0 saturated heterocycles. The van der Waals surface area contributed by atoms with Crippen molar-refractivity contribution in [2.45, 2.75) is 13.3 Å². The Morgan fingerprint density at radius 1 is 0.354 bits per heavy atom. The molecule has 8 aromatic carbocycles. The fourth-order valence-corrected chi connectivity index (χ4v) is 6.75. The van der Waals surface area contributed by atoms with E-state index in [-0.39, 0.29) is 0 Å². The molecule has 0 bridgehead atoms. The monoisotopic (exact) mass is 616 g/mol. The fourth-order valence-electron chi connectivity index (χ4n) is 6.75. The third-order valence-electron chi connectivity index (χ3n) is 9.19. The first-order chi connectivity index (χ1) is 23.8. The molecule has 2 heteroatoms. The van der Waals surface area contributed by atoms with Gasteiger partial charge in [-0.3, -0.25) is 0 Å². The highest BCUT2D eigenvalue weighted by Gasteiger charge is 2.17. The Hall–Kier alpha value is -6.12. The van der Waals surface area contributed by atoms with E-state index in [9.17, 15) is 0 Å². The van der Waals surface area contributed by atoms with Crippen LogP contribution in [0.25, 0.3) is 32.7 Å². The Kier molecular flexibility index (Phi) is 7.90. The van der Waals surface area contributed by atoms with Crippen LogP contribution in [-0.4, -0.2) is 0 Å². The molecule has 0 amide bonds. The van der Waals surface area contributed by atoms with E-state index in [4.69, 9.17) is 0 Å². The van der Waals surface area contributed by atoms with Gasteiger partial charge in [-0.15, -0.1) is 0 Å². The molecule has 0 heterocycles. The van der Waals surface area contributed by atoms with Crippen LogP contribution in [0.3, 0.4) is 0 Å². The highest BCUT2D eigenvalue weighted by molar-refractivity contribution is 6.00. The molecule has 0 aliphatic carbocycles. The Labute approximate surface area is 282 Å². The molecule has 230 valence electrons. The number of benzene rings is 8. The van der Waals surface area contributed by atoms with Gasteiger partial charge in [-0.05, 0) is 94.5 Å². The SMILES string of the molecule is CCc1ccc2c(N(c3ccccc3)c3ccc(-c4ccc(N(c5ccccc5)c5cccc6ccccc56)cc4)cc3)cccc2c1. The molecule has 8 rings (SSSR count). The molecule has 0 aliphatic heterocycles. The maximum Gasteiger partial charge on any atom is 0.0540 e. The van der Waals surface area contributed by atoms with Gasteiger partial charge >= 0.3 is 0 Å². The maximum atomic E-state index is 2.36. The van der Waals surface area contributed by atoms with Gasteiger partial charge in [0.25, 0.3) is 0 Å². The number of hydrogen-bond donors (Lipinski definition) is 0. The first-order valence-corrected chi connectivity index (χ1v) is 16.7. The van der Waals surface area contributed by atoms with Crippen LogP contribution in [0, 0.1) is 0 Å². The summed E-state index contributed by atoms with van der Waals surface area (Å²) in [5.41, 5.74) is 10.6. The summed E-state index contributed by atoms with van der Waals surface area (Å²) < 4.78 is 0. The molecular weight excluding hydrogens is 581 g/mol. The highest BCUT2D eigenvalue weighted by atomic mass is 15.1. The molecule has 0 spiro atoms. The summed E-state index contributed by atoms with van der Waals surface area (Å²) in [7, 11) is 0. The van der Waals surface area contributed by atoms with E-state index in [1.54, 1.807) is 0 Å². The summed E-state index contributed by atoms with van der Waals surface area (Å²) in [5.74, 6) is 0. The molecule has 0 aromatic heterocycles. The van der Waals surface area contributed by atoms with Crippen molar-refractivity contribution in [3.05, 3.63) is 194 Å². The normalized spacial score (nSPS) is 11.1. The van der Waals surface area contributed by atoms with Gasteiger partial charge in [0.15, 0.2) is 0 Å². The van der Waals surface area contributed by atoms with Gasteiger partial charge in [0, 0.05) is 33.5 Å². The van der Waals surface area contributed by atoms with Gasteiger partial charge in [0.2, 0.25) is 0 Å². The summed E-state index contributed by atoms with van der Waals surface area (Å²) >= 11 is 0. The topological polar surface area (TPSA) is 6.48 Å². The van der Waals surface area contributed by atoms with Crippen molar-refractivity contribution in [2.24, 2.45) is 0 Å². The second-order valence-electron chi connectivity index (χ2n) is 12.1. The quantitative estimate of drug-likeness (QED) is 0.168. The predicted molar refractivity (Wildman–Crippen MR) is 206 cm³/mol. The van der Waals surface area contributed by atoms with Crippen molar-refractivity contribution in [1.82, 2.24) is 0 Å². The molecule has 0 fully saturated rings. The van der Waals surface area contributed by atoms with Gasteiger partial charge < -0.3 is 9.80 Å². The van der Waals surface area contributed by atoms with E-state index >= 15 is 0 Å². The van der Waals surface area contributed by atoms with Crippen LogP contribution in [0.15, 0.2) is 188 Å². The smallest absolute Gasteiger partial charge is 0.0540 e. The molecule has 0 radical (unpaired) electrons. The molecule has 0 N–H and O–H groups in total. The van der Waals surface area contributed by atoms with E-state index in [0.29, 0.717) is 0 Å². The first kappa shape index (κ1) is 29.3. The van der Waals surface area contributed by atoms with Gasteiger partial charge in [-0.25, -0.2) is 0 Å². The van der Waals surface area contributed by atoms with Crippen LogP contribution < -0.4 is 9.80 Å². The summed E-state index contributed by atoms with van der Waals surface area (Å²) in [6, 6.07) is 67.7. The molecule has 48 heavy (non-hydrogen) atoms. The lowest BCUT2D eigenvalue weighted by molar-refractivity contribution is 1.15. The van der Waals surface area contributed by atoms with Crippen LogP contribution in [0.4, 0.5) is 34.1 Å². The molecule has 2 nitrogen and oxygen atoms in total. The number of hydrogen-bond acceptors (Lipinski definition) is 2. The van der Waals surface area contributed by atoms with Crippen molar-refractivity contribution in [1.29, 1.82) is 0 Å². The Morgan fingerprint density at radius 2 is 0.792 bits per heavy atom. The zero-order valence-corrected chi connectivity index (χ0v) is 27.0.